The molecule has 0 N–H and O–H groups in total. The van der Waals surface area contributed by atoms with Gasteiger partial charge in [0, 0.05) is 49.2 Å². The average Bonchev–Trinajstić information content (AvgIpc) is 2.95. The molecule has 4 rings (SSSR count). The van der Waals surface area contributed by atoms with Crippen molar-refractivity contribution in [2.45, 2.75) is 39.7 Å². The molecule has 26 heavy (non-hydrogen) atoms. The summed E-state index contributed by atoms with van der Waals surface area (Å²) < 4.78 is 2.44. The molecule has 0 unspecified atom stereocenters. The van der Waals surface area contributed by atoms with Crippen LogP contribution in [0.3, 0.4) is 0 Å². The van der Waals surface area contributed by atoms with E-state index in [-0.39, 0.29) is 0 Å². The summed E-state index contributed by atoms with van der Waals surface area (Å²) in [5.74, 6) is 0.535. The number of aromatic nitrogens is 2. The Labute approximate surface area is 156 Å². The van der Waals surface area contributed by atoms with Gasteiger partial charge in [0.15, 0.2) is 0 Å². The molecule has 1 aliphatic rings. The van der Waals surface area contributed by atoms with E-state index in [2.05, 4.69) is 78.8 Å². The fraction of sp³-hybridized carbons (Fsp3) is 0.348. The molecule has 134 valence electrons. The van der Waals surface area contributed by atoms with E-state index in [0.717, 1.165) is 19.5 Å². The minimum atomic E-state index is 0.535. The highest BCUT2D eigenvalue weighted by Gasteiger charge is 2.22. The smallest absolute Gasteiger partial charge is 0.0531 e. The van der Waals surface area contributed by atoms with Crippen LogP contribution in [-0.2, 0) is 13.0 Å². The zero-order valence-electron chi connectivity index (χ0n) is 16.2. The maximum Gasteiger partial charge on any atom is 0.0531 e. The second-order valence-electron chi connectivity index (χ2n) is 7.76. The van der Waals surface area contributed by atoms with Crippen molar-refractivity contribution in [3.05, 3.63) is 65.1 Å². The van der Waals surface area contributed by atoms with E-state index in [1.165, 1.54) is 38.9 Å². The minimum Gasteiger partial charge on any atom is -0.320 e. The molecule has 0 bridgehead atoms. The maximum absolute atomic E-state index is 4.14. The van der Waals surface area contributed by atoms with Gasteiger partial charge >= 0.3 is 0 Å². The van der Waals surface area contributed by atoms with Crippen LogP contribution in [0, 0.1) is 0 Å². The van der Waals surface area contributed by atoms with Crippen molar-refractivity contribution in [2.75, 3.05) is 13.6 Å². The normalized spacial score (nSPS) is 15.7. The van der Waals surface area contributed by atoms with Gasteiger partial charge in [-0.3, -0.25) is 4.98 Å². The predicted octanol–water partition coefficient (Wildman–Crippen LogP) is 5.17. The van der Waals surface area contributed by atoms with E-state index in [1.54, 1.807) is 0 Å². The van der Waals surface area contributed by atoms with Gasteiger partial charge in [0.25, 0.3) is 0 Å². The van der Waals surface area contributed by atoms with Crippen LogP contribution in [0.1, 0.15) is 49.1 Å². The topological polar surface area (TPSA) is 21.1 Å². The van der Waals surface area contributed by atoms with Crippen LogP contribution >= 0.6 is 0 Å². The van der Waals surface area contributed by atoms with E-state index in [0.29, 0.717) is 5.92 Å². The molecule has 0 saturated carbocycles. The molecule has 3 nitrogen and oxygen atoms in total. The minimum absolute atomic E-state index is 0.535. The summed E-state index contributed by atoms with van der Waals surface area (Å²) in [6.45, 7) is 8.86. The van der Waals surface area contributed by atoms with Gasteiger partial charge in [0.1, 0.15) is 0 Å². The highest BCUT2D eigenvalue weighted by molar-refractivity contribution is 5.90. The molecule has 3 heterocycles. The molecule has 0 radical (unpaired) electrons. The van der Waals surface area contributed by atoms with E-state index in [9.17, 15) is 0 Å². The number of benzene rings is 1. The van der Waals surface area contributed by atoms with Gasteiger partial charge < -0.3 is 9.47 Å². The monoisotopic (exact) mass is 345 g/mol. The lowest BCUT2D eigenvalue weighted by Crippen LogP contribution is -2.26. The molecule has 1 aromatic carbocycles. The second-order valence-corrected chi connectivity index (χ2v) is 7.76. The fourth-order valence-electron chi connectivity index (χ4n) is 3.93. The molecular weight excluding hydrogens is 318 g/mol. The summed E-state index contributed by atoms with van der Waals surface area (Å²) in [7, 11) is 2.21. The third-order valence-corrected chi connectivity index (χ3v) is 5.53. The highest BCUT2D eigenvalue weighted by Crippen LogP contribution is 2.33. The largest absolute Gasteiger partial charge is 0.320 e. The van der Waals surface area contributed by atoms with E-state index >= 15 is 0 Å². The Hall–Kier alpha value is -2.39. The first-order valence-corrected chi connectivity index (χ1v) is 9.47. The van der Waals surface area contributed by atoms with Crippen molar-refractivity contribution in [2.24, 2.45) is 0 Å². The average molecular weight is 345 g/mol. The fourth-order valence-corrected chi connectivity index (χ4v) is 3.93. The first-order chi connectivity index (χ1) is 12.5. The molecular formula is C23H27N3. The van der Waals surface area contributed by atoms with Crippen LogP contribution in [0.15, 0.2) is 42.7 Å². The second kappa shape index (κ2) is 6.73. The number of pyridine rings is 1. The van der Waals surface area contributed by atoms with Crippen molar-refractivity contribution >= 4 is 22.7 Å². The molecule has 3 aromatic rings. The van der Waals surface area contributed by atoms with E-state index in [1.807, 2.05) is 12.4 Å². The Morgan fingerprint density at radius 1 is 1.15 bits per heavy atom. The third-order valence-electron chi connectivity index (χ3n) is 5.53. The van der Waals surface area contributed by atoms with Crippen LogP contribution in [0.25, 0.3) is 22.7 Å². The summed E-state index contributed by atoms with van der Waals surface area (Å²) in [5, 5.41) is 1.40. The van der Waals surface area contributed by atoms with Crippen molar-refractivity contribution < 1.29 is 0 Å². The molecule has 0 amide bonds. The van der Waals surface area contributed by atoms with Crippen molar-refractivity contribution in [3.8, 4) is 0 Å². The zero-order valence-corrected chi connectivity index (χ0v) is 16.2. The maximum atomic E-state index is 4.14. The van der Waals surface area contributed by atoms with E-state index < -0.39 is 0 Å². The number of hydrogen-bond acceptors (Lipinski definition) is 2. The first kappa shape index (κ1) is 17.0. The lowest BCUT2D eigenvalue weighted by atomic mass is 10.00. The summed E-state index contributed by atoms with van der Waals surface area (Å²) in [4.78, 5) is 6.56. The molecule has 0 aliphatic carbocycles. The van der Waals surface area contributed by atoms with Crippen molar-refractivity contribution in [3.63, 3.8) is 0 Å². The van der Waals surface area contributed by atoms with E-state index in [4.69, 9.17) is 0 Å². The third kappa shape index (κ3) is 2.97. The number of rotatable bonds is 3. The van der Waals surface area contributed by atoms with Crippen molar-refractivity contribution in [1.82, 2.24) is 14.5 Å². The highest BCUT2D eigenvalue weighted by atomic mass is 15.1. The summed E-state index contributed by atoms with van der Waals surface area (Å²) in [6, 6.07) is 11.2. The quantitative estimate of drug-likeness (QED) is 0.653. The summed E-state index contributed by atoms with van der Waals surface area (Å²) >= 11 is 0. The predicted molar refractivity (Wildman–Crippen MR) is 110 cm³/mol. The number of fused-ring (bicyclic) bond motifs is 3. The molecule has 2 aromatic heterocycles. The van der Waals surface area contributed by atoms with Gasteiger partial charge in [-0.2, -0.15) is 0 Å². The van der Waals surface area contributed by atoms with Crippen LogP contribution in [0.5, 0.6) is 0 Å². The molecule has 1 aliphatic heterocycles. The number of likely N-dealkylation sites (N-methyl/N-ethyl adjacent to an activating group) is 1. The number of nitrogens with zero attached hydrogens (tertiary/aromatic N) is 3. The van der Waals surface area contributed by atoms with Gasteiger partial charge in [0.2, 0.25) is 0 Å². The molecule has 0 fully saturated rings. The molecule has 0 spiro atoms. The van der Waals surface area contributed by atoms with Crippen LogP contribution < -0.4 is 0 Å². The Morgan fingerprint density at radius 2 is 1.92 bits per heavy atom. The number of allylic oxidation sites excluding steroid dienone is 1. The number of hydrogen-bond donors (Lipinski definition) is 0. The Bertz CT molecular complexity index is 964. The van der Waals surface area contributed by atoms with Crippen molar-refractivity contribution in [1.29, 1.82) is 0 Å². The molecule has 0 saturated heterocycles. The Balaban J connectivity index is 1.93. The van der Waals surface area contributed by atoms with Gasteiger partial charge in [-0.15, -0.1) is 0 Å². The SMILES string of the molecule is C/C(=C\n1c2c(c3ccc(C(C)C)cc31)CN(C)CC2)c1ccncc1. The Morgan fingerprint density at radius 3 is 2.65 bits per heavy atom. The first-order valence-electron chi connectivity index (χ1n) is 9.47. The standard InChI is InChI=1S/C23H27N3/c1-16(2)19-5-6-20-21-15-25(4)12-9-22(21)26(23(20)13-19)14-17(3)18-7-10-24-11-8-18/h5-8,10-11,13-14,16H,9,12,15H2,1-4H3/b17-14+. The lowest BCUT2D eigenvalue weighted by molar-refractivity contribution is 0.312. The zero-order chi connectivity index (χ0) is 18.3. The van der Waals surface area contributed by atoms with Crippen LogP contribution in [0.2, 0.25) is 0 Å². The van der Waals surface area contributed by atoms with Gasteiger partial charge in [0.05, 0.1) is 5.52 Å². The Kier molecular flexibility index (Phi) is 4.41. The van der Waals surface area contributed by atoms with Crippen LogP contribution in [0.4, 0.5) is 0 Å². The summed E-state index contributed by atoms with van der Waals surface area (Å²) in [5.41, 5.74) is 8.18. The van der Waals surface area contributed by atoms with Gasteiger partial charge in [-0.05, 0) is 60.4 Å². The lowest BCUT2D eigenvalue weighted by Gasteiger charge is -2.23. The van der Waals surface area contributed by atoms with Gasteiger partial charge in [-0.1, -0.05) is 26.0 Å². The molecule has 3 heteroatoms. The summed E-state index contributed by atoms with van der Waals surface area (Å²) in [6.07, 6.45) is 7.13. The van der Waals surface area contributed by atoms with Crippen LogP contribution in [-0.4, -0.2) is 28.0 Å². The van der Waals surface area contributed by atoms with Gasteiger partial charge in [-0.25, -0.2) is 0 Å². The molecule has 0 atom stereocenters.